The molecule has 3 rings (SSSR count). The minimum Gasteiger partial charge on any atom is -0.478 e. The lowest BCUT2D eigenvalue weighted by atomic mass is 10.0. The maximum absolute atomic E-state index is 12.9. The number of ether oxygens (including phenoxy) is 1. The summed E-state index contributed by atoms with van der Waals surface area (Å²) in [7, 11) is 0. The molecule has 138 valence electrons. The van der Waals surface area contributed by atoms with Gasteiger partial charge in [0.15, 0.2) is 6.10 Å². The summed E-state index contributed by atoms with van der Waals surface area (Å²) >= 11 is 0. The zero-order chi connectivity index (χ0) is 18.5. The quantitative estimate of drug-likeness (QED) is 0.859. The summed E-state index contributed by atoms with van der Waals surface area (Å²) in [5.41, 5.74) is 1.05. The SMILES string of the molecule is CCOC(C(=O)N1CCC(n2cc(C(=O)O)cn2)CC1)c1ccccc1. The van der Waals surface area contributed by atoms with Crippen molar-refractivity contribution in [2.24, 2.45) is 0 Å². The van der Waals surface area contributed by atoms with Crippen molar-refractivity contribution in [3.05, 3.63) is 53.9 Å². The highest BCUT2D eigenvalue weighted by Gasteiger charge is 2.30. The number of rotatable bonds is 6. The predicted octanol–water partition coefficient (Wildman–Crippen LogP) is 2.52. The molecule has 1 fully saturated rings. The van der Waals surface area contributed by atoms with Gasteiger partial charge >= 0.3 is 5.97 Å². The Hall–Kier alpha value is -2.67. The van der Waals surface area contributed by atoms with Crippen molar-refractivity contribution in [3.63, 3.8) is 0 Å². The van der Waals surface area contributed by atoms with E-state index in [1.807, 2.05) is 42.2 Å². The first-order valence-corrected chi connectivity index (χ1v) is 8.83. The molecule has 2 heterocycles. The number of likely N-dealkylation sites (tertiary alicyclic amines) is 1. The molecule has 0 saturated carbocycles. The fourth-order valence-electron chi connectivity index (χ4n) is 3.27. The van der Waals surface area contributed by atoms with E-state index in [1.54, 1.807) is 10.9 Å². The van der Waals surface area contributed by atoms with Crippen LogP contribution < -0.4 is 0 Å². The summed E-state index contributed by atoms with van der Waals surface area (Å²) < 4.78 is 7.41. The van der Waals surface area contributed by atoms with Crippen molar-refractivity contribution >= 4 is 11.9 Å². The second-order valence-corrected chi connectivity index (χ2v) is 6.32. The van der Waals surface area contributed by atoms with Crippen LogP contribution in [0.2, 0.25) is 0 Å². The standard InChI is InChI=1S/C19H23N3O4/c1-2-26-17(14-6-4-3-5-7-14)18(23)21-10-8-16(9-11-21)22-13-15(12-20-22)19(24)25/h3-7,12-13,16-17H,2,8-11H2,1H3,(H,24,25). The highest BCUT2D eigenvalue weighted by Crippen LogP contribution is 2.26. The third-order valence-corrected chi connectivity index (χ3v) is 4.66. The van der Waals surface area contributed by atoms with Crippen LogP contribution in [0.15, 0.2) is 42.7 Å². The smallest absolute Gasteiger partial charge is 0.338 e. The molecule has 2 aromatic rings. The second kappa shape index (κ2) is 8.14. The number of benzene rings is 1. The molecular formula is C19H23N3O4. The monoisotopic (exact) mass is 357 g/mol. The van der Waals surface area contributed by atoms with Gasteiger partial charge in [0, 0.05) is 25.9 Å². The topological polar surface area (TPSA) is 84.7 Å². The number of hydrogen-bond acceptors (Lipinski definition) is 4. The van der Waals surface area contributed by atoms with E-state index in [2.05, 4.69) is 5.10 Å². The zero-order valence-electron chi connectivity index (χ0n) is 14.7. The number of carbonyl (C=O) groups excluding carboxylic acids is 1. The van der Waals surface area contributed by atoms with Crippen LogP contribution in [0.1, 0.15) is 47.8 Å². The van der Waals surface area contributed by atoms with Gasteiger partial charge in [0.2, 0.25) is 0 Å². The van der Waals surface area contributed by atoms with E-state index in [-0.39, 0.29) is 17.5 Å². The van der Waals surface area contributed by atoms with E-state index in [9.17, 15) is 9.59 Å². The van der Waals surface area contributed by atoms with Gasteiger partial charge in [0.05, 0.1) is 17.8 Å². The Kier molecular flexibility index (Phi) is 5.68. The highest BCUT2D eigenvalue weighted by atomic mass is 16.5. The van der Waals surface area contributed by atoms with Gasteiger partial charge in [-0.2, -0.15) is 5.10 Å². The summed E-state index contributed by atoms with van der Waals surface area (Å²) in [6.45, 7) is 3.55. The molecule has 7 heteroatoms. The molecule has 1 N–H and O–H groups in total. The first-order chi connectivity index (χ1) is 12.6. The molecule has 1 aliphatic rings. The number of carboxylic acids is 1. The van der Waals surface area contributed by atoms with E-state index in [1.165, 1.54) is 6.20 Å². The van der Waals surface area contributed by atoms with Gasteiger partial charge in [-0.1, -0.05) is 30.3 Å². The summed E-state index contributed by atoms with van der Waals surface area (Å²) in [4.78, 5) is 25.7. The molecule has 0 spiro atoms. The number of carboxylic acid groups (broad SMARTS) is 1. The third kappa shape index (κ3) is 3.94. The van der Waals surface area contributed by atoms with E-state index in [0.29, 0.717) is 19.7 Å². The summed E-state index contributed by atoms with van der Waals surface area (Å²) in [6.07, 6.45) is 3.80. The lowest BCUT2D eigenvalue weighted by molar-refractivity contribution is -0.145. The molecule has 0 aliphatic carbocycles. The van der Waals surface area contributed by atoms with E-state index in [0.717, 1.165) is 18.4 Å². The van der Waals surface area contributed by atoms with E-state index >= 15 is 0 Å². The summed E-state index contributed by atoms with van der Waals surface area (Å²) in [5.74, 6) is -1.01. The molecule has 7 nitrogen and oxygen atoms in total. The van der Waals surface area contributed by atoms with E-state index < -0.39 is 12.1 Å². The third-order valence-electron chi connectivity index (χ3n) is 4.66. The molecule has 26 heavy (non-hydrogen) atoms. The molecule has 1 aromatic heterocycles. The first-order valence-electron chi connectivity index (χ1n) is 8.83. The summed E-state index contributed by atoms with van der Waals surface area (Å²) in [5, 5.41) is 13.2. The van der Waals surface area contributed by atoms with Crippen molar-refractivity contribution in [2.75, 3.05) is 19.7 Å². The van der Waals surface area contributed by atoms with Crippen molar-refractivity contribution in [2.45, 2.75) is 31.9 Å². The van der Waals surface area contributed by atoms with Crippen LogP contribution >= 0.6 is 0 Å². The Balaban J connectivity index is 1.64. The molecule has 0 radical (unpaired) electrons. The van der Waals surface area contributed by atoms with Crippen LogP contribution in [0.4, 0.5) is 0 Å². The molecule has 1 atom stereocenters. The first kappa shape index (κ1) is 18.1. The average molecular weight is 357 g/mol. The maximum Gasteiger partial charge on any atom is 0.338 e. The zero-order valence-corrected chi connectivity index (χ0v) is 14.7. The second-order valence-electron chi connectivity index (χ2n) is 6.32. The predicted molar refractivity (Wildman–Crippen MR) is 94.8 cm³/mol. The average Bonchev–Trinajstić information content (AvgIpc) is 3.17. The molecule has 1 unspecified atom stereocenters. The number of aromatic nitrogens is 2. The lowest BCUT2D eigenvalue weighted by Gasteiger charge is -2.34. The summed E-state index contributed by atoms with van der Waals surface area (Å²) in [6, 6.07) is 9.63. The van der Waals surface area contributed by atoms with Gasteiger partial charge in [-0.25, -0.2) is 4.79 Å². The fourth-order valence-corrected chi connectivity index (χ4v) is 3.27. The molecule has 1 aromatic carbocycles. The van der Waals surface area contributed by atoms with Gasteiger partial charge in [-0.3, -0.25) is 9.48 Å². The van der Waals surface area contributed by atoms with E-state index in [4.69, 9.17) is 9.84 Å². The molecule has 0 bridgehead atoms. The minimum atomic E-state index is -0.980. The van der Waals surface area contributed by atoms with Crippen LogP contribution in [-0.2, 0) is 9.53 Å². The Morgan fingerprint density at radius 1 is 1.27 bits per heavy atom. The number of carbonyl (C=O) groups is 2. The Bertz CT molecular complexity index is 751. The van der Waals surface area contributed by atoms with Crippen molar-refractivity contribution in [3.8, 4) is 0 Å². The Morgan fingerprint density at radius 2 is 1.96 bits per heavy atom. The molecule has 1 aliphatic heterocycles. The van der Waals surface area contributed by atoms with Crippen LogP contribution in [0.25, 0.3) is 0 Å². The van der Waals surface area contributed by atoms with Crippen LogP contribution in [0.5, 0.6) is 0 Å². The van der Waals surface area contributed by atoms with Gasteiger partial charge in [0.25, 0.3) is 5.91 Å². The Labute approximate surface area is 152 Å². The minimum absolute atomic E-state index is 0.0248. The lowest BCUT2D eigenvalue weighted by Crippen LogP contribution is -2.42. The number of amides is 1. The Morgan fingerprint density at radius 3 is 2.54 bits per heavy atom. The van der Waals surface area contributed by atoms with Crippen LogP contribution in [-0.4, -0.2) is 51.4 Å². The van der Waals surface area contributed by atoms with Gasteiger partial charge < -0.3 is 14.7 Å². The largest absolute Gasteiger partial charge is 0.478 e. The fraction of sp³-hybridized carbons (Fsp3) is 0.421. The van der Waals surface area contributed by atoms with Crippen LogP contribution in [0.3, 0.4) is 0 Å². The molecule has 1 saturated heterocycles. The van der Waals surface area contributed by atoms with Gasteiger partial charge in [-0.15, -0.1) is 0 Å². The van der Waals surface area contributed by atoms with Crippen molar-refractivity contribution in [1.82, 2.24) is 14.7 Å². The van der Waals surface area contributed by atoms with Crippen molar-refractivity contribution < 1.29 is 19.4 Å². The number of aromatic carboxylic acids is 1. The highest BCUT2D eigenvalue weighted by molar-refractivity contribution is 5.86. The number of nitrogens with zero attached hydrogens (tertiary/aromatic N) is 3. The maximum atomic E-state index is 12.9. The number of hydrogen-bond donors (Lipinski definition) is 1. The van der Waals surface area contributed by atoms with Crippen LogP contribution in [0, 0.1) is 0 Å². The number of piperidine rings is 1. The molecule has 1 amide bonds. The van der Waals surface area contributed by atoms with Gasteiger partial charge in [-0.05, 0) is 25.3 Å². The molecular weight excluding hydrogens is 334 g/mol. The van der Waals surface area contributed by atoms with Crippen molar-refractivity contribution in [1.29, 1.82) is 0 Å². The normalized spacial score (nSPS) is 16.4. The van der Waals surface area contributed by atoms with Gasteiger partial charge in [0.1, 0.15) is 0 Å².